The van der Waals surface area contributed by atoms with E-state index < -0.39 is 5.97 Å². The Balaban J connectivity index is 2.37. The topological polar surface area (TPSA) is 40.5 Å². The van der Waals surface area contributed by atoms with E-state index in [1.54, 1.807) is 0 Å². The van der Waals surface area contributed by atoms with Crippen LogP contribution in [0, 0.1) is 6.92 Å². The molecule has 3 heteroatoms. The molecule has 0 saturated carbocycles. The van der Waals surface area contributed by atoms with Crippen LogP contribution in [0.1, 0.15) is 30.5 Å². The summed E-state index contributed by atoms with van der Waals surface area (Å²) in [5.74, 6) is -0.815. The maximum atomic E-state index is 11.2. The first kappa shape index (κ1) is 15.1. The van der Waals surface area contributed by atoms with Gasteiger partial charge in [0.2, 0.25) is 0 Å². The van der Waals surface area contributed by atoms with Crippen LogP contribution in [0.3, 0.4) is 0 Å². The average Bonchev–Trinajstić information content (AvgIpc) is 2.49. The van der Waals surface area contributed by atoms with Crippen molar-refractivity contribution in [3.8, 4) is 0 Å². The summed E-state index contributed by atoms with van der Waals surface area (Å²) in [4.78, 5) is 13.2. The molecule has 0 spiro atoms. The number of benzene rings is 2. The summed E-state index contributed by atoms with van der Waals surface area (Å²) in [7, 11) is 0. The van der Waals surface area contributed by atoms with Gasteiger partial charge < -0.3 is 10.0 Å². The smallest absolute Gasteiger partial charge is 0.323 e. The molecule has 0 amide bonds. The standard InChI is InChI=1S/C18H21NO2/c1-3-17(15-11-9-14(2)10-12-15)19(13-18(20)21)16-7-5-4-6-8-16/h4-12,17H,3,13H2,1-2H3,(H,20,21). The fraction of sp³-hybridized carbons (Fsp3) is 0.278. The molecule has 1 unspecified atom stereocenters. The van der Waals surface area contributed by atoms with E-state index in [-0.39, 0.29) is 12.6 Å². The number of carbonyl (C=O) groups is 1. The van der Waals surface area contributed by atoms with Gasteiger partial charge in [0.25, 0.3) is 0 Å². The number of carboxylic acid groups (broad SMARTS) is 1. The number of aryl methyl sites for hydroxylation is 1. The molecule has 110 valence electrons. The van der Waals surface area contributed by atoms with Crippen molar-refractivity contribution in [2.24, 2.45) is 0 Å². The Kier molecular flexibility index (Phi) is 4.99. The molecule has 0 heterocycles. The Morgan fingerprint density at radius 2 is 1.71 bits per heavy atom. The quantitative estimate of drug-likeness (QED) is 0.870. The Labute approximate surface area is 125 Å². The molecular weight excluding hydrogens is 262 g/mol. The van der Waals surface area contributed by atoms with Crippen molar-refractivity contribution in [2.75, 3.05) is 11.4 Å². The van der Waals surface area contributed by atoms with Crippen molar-refractivity contribution >= 4 is 11.7 Å². The van der Waals surface area contributed by atoms with Gasteiger partial charge in [-0.05, 0) is 31.0 Å². The third-order valence-electron chi connectivity index (χ3n) is 3.62. The van der Waals surface area contributed by atoms with Crippen molar-refractivity contribution in [1.29, 1.82) is 0 Å². The second-order valence-electron chi connectivity index (χ2n) is 5.19. The lowest BCUT2D eigenvalue weighted by Gasteiger charge is -2.32. The molecule has 2 aromatic carbocycles. The first-order chi connectivity index (χ1) is 10.1. The summed E-state index contributed by atoms with van der Waals surface area (Å²) in [5.41, 5.74) is 3.29. The van der Waals surface area contributed by atoms with E-state index in [4.69, 9.17) is 0 Å². The number of aliphatic carboxylic acids is 1. The number of para-hydroxylation sites is 1. The Hall–Kier alpha value is -2.29. The van der Waals surface area contributed by atoms with Gasteiger partial charge in [0.15, 0.2) is 0 Å². The normalized spacial score (nSPS) is 11.9. The number of hydrogen-bond donors (Lipinski definition) is 1. The van der Waals surface area contributed by atoms with Crippen molar-refractivity contribution in [1.82, 2.24) is 0 Å². The van der Waals surface area contributed by atoms with E-state index in [0.717, 1.165) is 17.7 Å². The van der Waals surface area contributed by atoms with Crippen molar-refractivity contribution in [3.05, 3.63) is 65.7 Å². The largest absolute Gasteiger partial charge is 0.480 e. The number of nitrogens with zero attached hydrogens (tertiary/aromatic N) is 1. The number of rotatable bonds is 6. The van der Waals surface area contributed by atoms with Gasteiger partial charge in [0.1, 0.15) is 6.54 Å². The fourth-order valence-corrected chi connectivity index (χ4v) is 2.57. The summed E-state index contributed by atoms with van der Waals surface area (Å²) in [5, 5.41) is 9.24. The molecular formula is C18H21NO2. The summed E-state index contributed by atoms with van der Waals surface area (Å²) in [6.45, 7) is 4.13. The predicted molar refractivity (Wildman–Crippen MR) is 85.6 cm³/mol. The molecule has 2 rings (SSSR count). The molecule has 3 nitrogen and oxygen atoms in total. The zero-order chi connectivity index (χ0) is 15.2. The fourth-order valence-electron chi connectivity index (χ4n) is 2.57. The first-order valence-corrected chi connectivity index (χ1v) is 7.22. The van der Waals surface area contributed by atoms with Crippen LogP contribution in [0.5, 0.6) is 0 Å². The summed E-state index contributed by atoms with van der Waals surface area (Å²) < 4.78 is 0. The maximum absolute atomic E-state index is 11.2. The van der Waals surface area contributed by atoms with Gasteiger partial charge in [0, 0.05) is 5.69 Å². The SMILES string of the molecule is CCC(c1ccc(C)cc1)N(CC(=O)O)c1ccccc1. The van der Waals surface area contributed by atoms with Gasteiger partial charge in [-0.15, -0.1) is 0 Å². The van der Waals surface area contributed by atoms with Crippen molar-refractivity contribution < 1.29 is 9.90 Å². The van der Waals surface area contributed by atoms with Crippen LogP contribution in [-0.2, 0) is 4.79 Å². The minimum absolute atomic E-state index is 0.00357. The molecule has 1 N–H and O–H groups in total. The van der Waals surface area contributed by atoms with E-state index in [0.29, 0.717) is 0 Å². The van der Waals surface area contributed by atoms with Crippen molar-refractivity contribution in [2.45, 2.75) is 26.3 Å². The maximum Gasteiger partial charge on any atom is 0.323 e. The molecule has 0 aliphatic rings. The van der Waals surface area contributed by atoms with Crippen LogP contribution in [0.4, 0.5) is 5.69 Å². The lowest BCUT2D eigenvalue weighted by molar-refractivity contribution is -0.135. The first-order valence-electron chi connectivity index (χ1n) is 7.22. The van der Waals surface area contributed by atoms with Crippen LogP contribution in [0.25, 0.3) is 0 Å². The monoisotopic (exact) mass is 283 g/mol. The second kappa shape index (κ2) is 6.93. The van der Waals surface area contributed by atoms with Gasteiger partial charge in [-0.1, -0.05) is 55.0 Å². The molecule has 0 saturated heterocycles. The third kappa shape index (κ3) is 3.85. The van der Waals surface area contributed by atoms with Crippen LogP contribution in [0.2, 0.25) is 0 Å². The van der Waals surface area contributed by atoms with E-state index in [9.17, 15) is 9.90 Å². The molecule has 0 fully saturated rings. The van der Waals surface area contributed by atoms with Crippen LogP contribution in [0.15, 0.2) is 54.6 Å². The Morgan fingerprint density at radius 3 is 2.24 bits per heavy atom. The third-order valence-corrected chi connectivity index (χ3v) is 3.62. The van der Waals surface area contributed by atoms with E-state index in [2.05, 4.69) is 38.1 Å². The van der Waals surface area contributed by atoms with Gasteiger partial charge in [-0.2, -0.15) is 0 Å². The van der Waals surface area contributed by atoms with E-state index in [1.807, 2.05) is 35.2 Å². The molecule has 21 heavy (non-hydrogen) atoms. The molecule has 2 aromatic rings. The van der Waals surface area contributed by atoms with Crippen LogP contribution < -0.4 is 4.90 Å². The summed E-state index contributed by atoms with van der Waals surface area (Å²) in [6, 6.07) is 18.1. The number of carboxylic acids is 1. The minimum atomic E-state index is -0.815. The lowest BCUT2D eigenvalue weighted by atomic mass is 10.0. The van der Waals surface area contributed by atoms with Gasteiger partial charge >= 0.3 is 5.97 Å². The lowest BCUT2D eigenvalue weighted by Crippen LogP contribution is -2.33. The van der Waals surface area contributed by atoms with Crippen LogP contribution in [-0.4, -0.2) is 17.6 Å². The highest BCUT2D eigenvalue weighted by Crippen LogP contribution is 2.29. The van der Waals surface area contributed by atoms with E-state index in [1.165, 1.54) is 5.56 Å². The minimum Gasteiger partial charge on any atom is -0.480 e. The Morgan fingerprint density at radius 1 is 1.10 bits per heavy atom. The molecule has 0 aromatic heterocycles. The van der Waals surface area contributed by atoms with Crippen LogP contribution >= 0.6 is 0 Å². The molecule has 0 aliphatic carbocycles. The highest BCUT2D eigenvalue weighted by molar-refractivity contribution is 5.74. The molecule has 1 atom stereocenters. The average molecular weight is 283 g/mol. The molecule has 0 bridgehead atoms. The predicted octanol–water partition coefficient (Wildman–Crippen LogP) is 4.04. The van der Waals surface area contributed by atoms with Gasteiger partial charge in [-0.25, -0.2) is 0 Å². The highest BCUT2D eigenvalue weighted by atomic mass is 16.4. The molecule has 0 aliphatic heterocycles. The van der Waals surface area contributed by atoms with E-state index >= 15 is 0 Å². The zero-order valence-corrected chi connectivity index (χ0v) is 12.5. The number of hydrogen-bond acceptors (Lipinski definition) is 2. The summed E-state index contributed by atoms with van der Waals surface area (Å²) >= 11 is 0. The zero-order valence-electron chi connectivity index (χ0n) is 12.5. The van der Waals surface area contributed by atoms with Crippen molar-refractivity contribution in [3.63, 3.8) is 0 Å². The summed E-state index contributed by atoms with van der Waals surface area (Å²) in [6.07, 6.45) is 0.852. The second-order valence-corrected chi connectivity index (χ2v) is 5.19. The highest BCUT2D eigenvalue weighted by Gasteiger charge is 2.21. The van der Waals surface area contributed by atoms with Gasteiger partial charge in [0.05, 0.1) is 6.04 Å². The Bertz CT molecular complexity index is 578. The number of anilines is 1. The molecule has 0 radical (unpaired) electrons. The van der Waals surface area contributed by atoms with Gasteiger partial charge in [-0.3, -0.25) is 4.79 Å².